The lowest BCUT2D eigenvalue weighted by atomic mass is 10.1. The highest BCUT2D eigenvalue weighted by Crippen LogP contribution is 2.10. The lowest BCUT2D eigenvalue weighted by Crippen LogP contribution is -2.27. The Hall–Kier alpha value is -2.08. The van der Waals surface area contributed by atoms with Crippen molar-refractivity contribution < 1.29 is 14.3 Å². The SMILES string of the molecule is CC(C)COC(=O)Nc1ccc(CC(=O)NCCCN)cc1. The van der Waals surface area contributed by atoms with Gasteiger partial charge in [-0.2, -0.15) is 0 Å². The zero-order valence-electron chi connectivity index (χ0n) is 13.2. The maximum absolute atomic E-state index is 11.7. The molecule has 1 rings (SSSR count). The van der Waals surface area contributed by atoms with Crippen LogP contribution in [0.4, 0.5) is 10.5 Å². The van der Waals surface area contributed by atoms with Crippen LogP contribution >= 0.6 is 0 Å². The van der Waals surface area contributed by atoms with Crippen molar-refractivity contribution in [1.82, 2.24) is 5.32 Å². The Morgan fingerprint density at radius 2 is 1.91 bits per heavy atom. The number of nitrogens with two attached hydrogens (primary N) is 1. The van der Waals surface area contributed by atoms with Crippen molar-refractivity contribution in [2.24, 2.45) is 11.7 Å². The van der Waals surface area contributed by atoms with Crippen LogP contribution in [0.5, 0.6) is 0 Å². The highest BCUT2D eigenvalue weighted by molar-refractivity contribution is 5.84. The standard InChI is InChI=1S/C16H25N3O3/c1-12(2)11-22-16(21)19-14-6-4-13(5-7-14)10-15(20)18-9-3-8-17/h4-7,12H,3,8-11,17H2,1-2H3,(H,18,20)(H,19,21). The summed E-state index contributed by atoms with van der Waals surface area (Å²) in [6.07, 6.45) is 0.608. The zero-order chi connectivity index (χ0) is 16.4. The van der Waals surface area contributed by atoms with Crippen LogP contribution in [0.25, 0.3) is 0 Å². The molecular formula is C16H25N3O3. The third-order valence-corrected chi connectivity index (χ3v) is 2.82. The molecule has 6 heteroatoms. The first-order valence-electron chi connectivity index (χ1n) is 7.50. The van der Waals surface area contributed by atoms with E-state index in [-0.39, 0.29) is 5.91 Å². The number of ether oxygens (including phenoxy) is 1. The lowest BCUT2D eigenvalue weighted by Gasteiger charge is -2.09. The number of anilines is 1. The Balaban J connectivity index is 2.39. The Morgan fingerprint density at radius 1 is 1.23 bits per heavy atom. The van der Waals surface area contributed by atoms with Gasteiger partial charge in [-0.25, -0.2) is 4.79 Å². The van der Waals surface area contributed by atoms with Crippen LogP contribution in [0.3, 0.4) is 0 Å². The molecule has 6 nitrogen and oxygen atoms in total. The third-order valence-electron chi connectivity index (χ3n) is 2.82. The maximum Gasteiger partial charge on any atom is 0.411 e. The fourth-order valence-corrected chi connectivity index (χ4v) is 1.68. The number of carbonyl (C=O) groups is 2. The van der Waals surface area contributed by atoms with Crippen LogP contribution in [-0.4, -0.2) is 31.7 Å². The highest BCUT2D eigenvalue weighted by atomic mass is 16.5. The lowest BCUT2D eigenvalue weighted by molar-refractivity contribution is -0.120. The second-order valence-electron chi connectivity index (χ2n) is 5.48. The summed E-state index contributed by atoms with van der Waals surface area (Å²) < 4.78 is 5.03. The quantitative estimate of drug-likeness (QED) is 0.639. The minimum atomic E-state index is -0.471. The summed E-state index contributed by atoms with van der Waals surface area (Å²) in [6, 6.07) is 7.11. The van der Waals surface area contributed by atoms with Crippen molar-refractivity contribution in [2.45, 2.75) is 26.7 Å². The van der Waals surface area contributed by atoms with E-state index < -0.39 is 6.09 Å². The van der Waals surface area contributed by atoms with Gasteiger partial charge in [0, 0.05) is 12.2 Å². The van der Waals surface area contributed by atoms with E-state index in [1.165, 1.54) is 0 Å². The minimum Gasteiger partial charge on any atom is -0.449 e. The van der Waals surface area contributed by atoms with Crippen LogP contribution in [0, 0.1) is 5.92 Å². The second-order valence-corrected chi connectivity index (χ2v) is 5.48. The minimum absolute atomic E-state index is 0.0366. The van der Waals surface area contributed by atoms with Crippen molar-refractivity contribution in [3.8, 4) is 0 Å². The topological polar surface area (TPSA) is 93.4 Å². The Labute approximate surface area is 131 Å². The number of carbonyl (C=O) groups excluding carboxylic acids is 2. The summed E-state index contributed by atoms with van der Waals surface area (Å²) in [7, 11) is 0. The average Bonchev–Trinajstić information content (AvgIpc) is 2.47. The Kier molecular flexibility index (Phi) is 7.99. The second kappa shape index (κ2) is 9.78. The molecule has 1 aromatic rings. The van der Waals surface area contributed by atoms with E-state index in [1.807, 2.05) is 13.8 Å². The van der Waals surface area contributed by atoms with E-state index in [2.05, 4.69) is 10.6 Å². The molecule has 4 N–H and O–H groups in total. The van der Waals surface area contributed by atoms with E-state index in [0.29, 0.717) is 37.7 Å². The van der Waals surface area contributed by atoms with Crippen LogP contribution in [0.1, 0.15) is 25.8 Å². The molecule has 22 heavy (non-hydrogen) atoms. The predicted molar refractivity (Wildman–Crippen MR) is 86.6 cm³/mol. The summed E-state index contributed by atoms with van der Waals surface area (Å²) in [5, 5.41) is 5.44. The number of hydrogen-bond acceptors (Lipinski definition) is 4. The van der Waals surface area contributed by atoms with Crippen molar-refractivity contribution in [1.29, 1.82) is 0 Å². The summed E-state index contributed by atoms with van der Waals surface area (Å²) in [5.74, 6) is 0.261. The molecule has 0 aliphatic heterocycles. The van der Waals surface area contributed by atoms with Gasteiger partial charge in [0.25, 0.3) is 0 Å². The first-order valence-corrected chi connectivity index (χ1v) is 7.50. The Bertz CT molecular complexity index is 472. The third kappa shape index (κ3) is 7.64. The van der Waals surface area contributed by atoms with E-state index >= 15 is 0 Å². The van der Waals surface area contributed by atoms with Crippen LogP contribution in [-0.2, 0) is 16.0 Å². The van der Waals surface area contributed by atoms with Crippen molar-refractivity contribution >= 4 is 17.7 Å². The van der Waals surface area contributed by atoms with Crippen LogP contribution in [0.2, 0.25) is 0 Å². The molecule has 0 heterocycles. The molecule has 0 bridgehead atoms. The molecule has 0 aromatic heterocycles. The van der Waals surface area contributed by atoms with Crippen molar-refractivity contribution in [2.75, 3.05) is 25.0 Å². The molecular weight excluding hydrogens is 282 g/mol. The van der Waals surface area contributed by atoms with Gasteiger partial charge in [-0.3, -0.25) is 10.1 Å². The van der Waals surface area contributed by atoms with Gasteiger partial charge in [0.2, 0.25) is 5.91 Å². The Morgan fingerprint density at radius 3 is 2.50 bits per heavy atom. The van der Waals surface area contributed by atoms with Gasteiger partial charge < -0.3 is 15.8 Å². The van der Waals surface area contributed by atoms with E-state index in [4.69, 9.17) is 10.5 Å². The van der Waals surface area contributed by atoms with Crippen molar-refractivity contribution in [3.05, 3.63) is 29.8 Å². The van der Waals surface area contributed by atoms with Gasteiger partial charge >= 0.3 is 6.09 Å². The summed E-state index contributed by atoms with van der Waals surface area (Å²) in [5.41, 5.74) is 6.89. The molecule has 1 aromatic carbocycles. The largest absolute Gasteiger partial charge is 0.449 e. The molecule has 0 atom stereocenters. The molecule has 2 amide bonds. The number of amides is 2. The van der Waals surface area contributed by atoms with Crippen LogP contribution in [0.15, 0.2) is 24.3 Å². The first kappa shape index (κ1) is 18.0. The monoisotopic (exact) mass is 307 g/mol. The molecule has 0 aliphatic carbocycles. The number of rotatable bonds is 8. The van der Waals surface area contributed by atoms with Gasteiger partial charge in [0.05, 0.1) is 13.0 Å². The van der Waals surface area contributed by atoms with E-state index in [1.54, 1.807) is 24.3 Å². The van der Waals surface area contributed by atoms with Gasteiger partial charge in [0.15, 0.2) is 0 Å². The van der Waals surface area contributed by atoms with E-state index in [0.717, 1.165) is 12.0 Å². The number of nitrogens with one attached hydrogen (secondary N) is 2. The van der Waals surface area contributed by atoms with Gasteiger partial charge in [-0.05, 0) is 36.6 Å². The zero-order valence-corrected chi connectivity index (χ0v) is 13.2. The maximum atomic E-state index is 11.7. The van der Waals surface area contributed by atoms with E-state index in [9.17, 15) is 9.59 Å². The predicted octanol–water partition coefficient (Wildman–Crippen LogP) is 1.90. The van der Waals surface area contributed by atoms with Crippen LogP contribution < -0.4 is 16.4 Å². The molecule has 0 spiro atoms. The first-order chi connectivity index (χ1) is 10.5. The van der Waals surface area contributed by atoms with Gasteiger partial charge in [-0.1, -0.05) is 26.0 Å². The average molecular weight is 307 g/mol. The number of benzene rings is 1. The molecule has 122 valence electrons. The summed E-state index contributed by atoms with van der Waals surface area (Å²) >= 11 is 0. The summed E-state index contributed by atoms with van der Waals surface area (Å²) in [4.78, 5) is 23.2. The fourth-order valence-electron chi connectivity index (χ4n) is 1.68. The van der Waals surface area contributed by atoms with Crippen molar-refractivity contribution in [3.63, 3.8) is 0 Å². The molecule has 0 unspecified atom stereocenters. The number of hydrogen-bond donors (Lipinski definition) is 3. The van der Waals surface area contributed by atoms with Gasteiger partial charge in [0.1, 0.15) is 0 Å². The summed E-state index contributed by atoms with van der Waals surface area (Å²) in [6.45, 7) is 5.48. The highest BCUT2D eigenvalue weighted by Gasteiger charge is 2.06. The normalized spacial score (nSPS) is 10.4. The smallest absolute Gasteiger partial charge is 0.411 e. The van der Waals surface area contributed by atoms with Gasteiger partial charge in [-0.15, -0.1) is 0 Å². The molecule has 0 radical (unpaired) electrons. The molecule has 0 fully saturated rings. The molecule has 0 saturated heterocycles. The molecule has 0 saturated carbocycles. The fraction of sp³-hybridized carbons (Fsp3) is 0.500. The molecule has 0 aliphatic rings.